The van der Waals surface area contributed by atoms with Crippen LogP contribution in [-0.2, 0) is 16.2 Å². The van der Waals surface area contributed by atoms with Crippen LogP contribution in [0.2, 0.25) is 0 Å². The number of rotatable bonds is 13. The van der Waals surface area contributed by atoms with Gasteiger partial charge in [0, 0.05) is 23.2 Å². The van der Waals surface area contributed by atoms with Gasteiger partial charge in [-0.05, 0) is 72.7 Å². The highest BCUT2D eigenvalue weighted by atomic mass is 19.1. The second-order valence-corrected chi connectivity index (χ2v) is 11.2. The first kappa shape index (κ1) is 32.9. The third kappa shape index (κ3) is 8.76. The van der Waals surface area contributed by atoms with Crippen molar-refractivity contribution in [2.75, 3.05) is 17.2 Å². The molecule has 0 aliphatic rings. The summed E-state index contributed by atoms with van der Waals surface area (Å²) < 4.78 is 14.5. The molecule has 1 heterocycles. The molecule has 11 heteroatoms. The van der Waals surface area contributed by atoms with Crippen LogP contribution in [0.15, 0.2) is 72.8 Å². The Labute approximate surface area is 261 Å². The highest BCUT2D eigenvalue weighted by Crippen LogP contribution is 2.29. The number of aryl methyl sites for hydroxylation is 1. The minimum absolute atomic E-state index is 0.123. The molecule has 0 aliphatic heterocycles. The van der Waals surface area contributed by atoms with Crippen molar-refractivity contribution in [3.8, 4) is 11.1 Å². The molecule has 4 amide bonds. The molecule has 0 saturated carbocycles. The van der Waals surface area contributed by atoms with Crippen LogP contribution < -0.4 is 27.0 Å². The molecule has 4 aromatic rings. The van der Waals surface area contributed by atoms with Crippen LogP contribution in [0.3, 0.4) is 0 Å². The summed E-state index contributed by atoms with van der Waals surface area (Å²) in [5, 5.41) is 21.6. The van der Waals surface area contributed by atoms with Crippen LogP contribution in [0.25, 0.3) is 22.0 Å². The Balaban J connectivity index is 1.54. The number of nitrogens with zero attached hydrogens (tertiary/aromatic N) is 1. The minimum Gasteiger partial charge on any atom is -0.392 e. The maximum absolute atomic E-state index is 14.5. The summed E-state index contributed by atoms with van der Waals surface area (Å²) in [5.41, 5.74) is 9.10. The number of carbonyl (C=O) groups is 3. The van der Waals surface area contributed by atoms with Gasteiger partial charge < -0.3 is 32.1 Å². The van der Waals surface area contributed by atoms with Crippen molar-refractivity contribution in [3.63, 3.8) is 0 Å². The second-order valence-electron chi connectivity index (χ2n) is 11.2. The number of nitrogens with two attached hydrogens (primary N) is 1. The molecule has 0 saturated heterocycles. The van der Waals surface area contributed by atoms with Crippen LogP contribution in [0.5, 0.6) is 0 Å². The van der Waals surface area contributed by atoms with Gasteiger partial charge >= 0.3 is 6.03 Å². The molecular weight excluding hydrogens is 575 g/mol. The van der Waals surface area contributed by atoms with E-state index in [0.717, 1.165) is 10.9 Å². The Bertz CT molecular complexity index is 1660. The fourth-order valence-corrected chi connectivity index (χ4v) is 5.00. The normalized spacial score (nSPS) is 12.4. The molecule has 45 heavy (non-hydrogen) atoms. The Morgan fingerprint density at radius 2 is 1.71 bits per heavy atom. The highest BCUT2D eigenvalue weighted by Gasteiger charge is 2.28. The standard InChI is InChI=1S/C34H39FN6O4/c1-20(2)31(41-30-17-21(3)25-15-12-23(18-29(25)39-30)26-7-4-5-8-27(26)35)33(44)40-28(9-6-16-37-34(36)45)32(43)38-24-13-10-22(19-42)11-14-24/h4-5,7-8,10-15,17-18,20,28,31,42H,6,9,16,19H2,1-3H3,(H,38,43)(H,39,41)(H,40,44)(H3,36,37,45)/t28-,31-/m0/s1. The zero-order valence-corrected chi connectivity index (χ0v) is 25.6. The van der Waals surface area contributed by atoms with Crippen molar-refractivity contribution in [2.24, 2.45) is 11.7 Å². The number of carbonyl (C=O) groups excluding carboxylic acids is 3. The number of urea groups is 1. The SMILES string of the molecule is Cc1cc(N[C@H](C(=O)N[C@@H](CCCNC(N)=O)C(=O)Nc2ccc(CO)cc2)C(C)C)nc2cc(-c3ccccc3F)ccc12. The van der Waals surface area contributed by atoms with Crippen molar-refractivity contribution < 1.29 is 23.9 Å². The predicted molar refractivity (Wildman–Crippen MR) is 174 cm³/mol. The number of anilines is 2. The number of benzene rings is 3. The van der Waals surface area contributed by atoms with Gasteiger partial charge in [-0.2, -0.15) is 0 Å². The summed E-state index contributed by atoms with van der Waals surface area (Å²) in [6, 6.07) is 18.4. The molecular formula is C34H39FN6O4. The fraction of sp³-hybridized carbons (Fsp3) is 0.294. The number of primary amides is 1. The summed E-state index contributed by atoms with van der Waals surface area (Å²) >= 11 is 0. The van der Waals surface area contributed by atoms with Crippen molar-refractivity contribution in [3.05, 3.63) is 89.7 Å². The van der Waals surface area contributed by atoms with E-state index in [1.165, 1.54) is 6.07 Å². The average Bonchev–Trinajstić information content (AvgIpc) is 3.01. The molecule has 3 aromatic carbocycles. The lowest BCUT2D eigenvalue weighted by Crippen LogP contribution is -2.51. The summed E-state index contributed by atoms with van der Waals surface area (Å²) in [6.45, 7) is 5.82. The molecule has 0 spiro atoms. The van der Waals surface area contributed by atoms with E-state index >= 15 is 0 Å². The number of aromatic nitrogens is 1. The smallest absolute Gasteiger partial charge is 0.312 e. The highest BCUT2D eigenvalue weighted by molar-refractivity contribution is 5.98. The first-order valence-corrected chi connectivity index (χ1v) is 14.8. The molecule has 7 N–H and O–H groups in total. The van der Waals surface area contributed by atoms with Gasteiger partial charge in [-0.1, -0.05) is 56.3 Å². The molecule has 10 nitrogen and oxygen atoms in total. The van der Waals surface area contributed by atoms with Crippen molar-refractivity contribution in [1.82, 2.24) is 15.6 Å². The van der Waals surface area contributed by atoms with E-state index in [2.05, 4.69) is 21.3 Å². The van der Waals surface area contributed by atoms with Crippen molar-refractivity contribution >= 4 is 40.3 Å². The number of hydrogen-bond acceptors (Lipinski definition) is 6. The number of aliphatic hydroxyl groups excluding tert-OH is 1. The largest absolute Gasteiger partial charge is 0.392 e. The maximum atomic E-state index is 14.5. The molecule has 0 bridgehead atoms. The fourth-order valence-electron chi connectivity index (χ4n) is 5.00. The first-order valence-electron chi connectivity index (χ1n) is 14.8. The maximum Gasteiger partial charge on any atom is 0.312 e. The third-order valence-corrected chi connectivity index (χ3v) is 7.46. The molecule has 0 unspecified atom stereocenters. The summed E-state index contributed by atoms with van der Waals surface area (Å²) in [4.78, 5) is 42.8. The van der Waals surface area contributed by atoms with Gasteiger partial charge in [0.15, 0.2) is 0 Å². The van der Waals surface area contributed by atoms with Gasteiger partial charge in [-0.25, -0.2) is 14.2 Å². The van der Waals surface area contributed by atoms with Crippen molar-refractivity contribution in [1.29, 1.82) is 0 Å². The second kappa shape index (κ2) is 15.1. The molecule has 1 aromatic heterocycles. The number of nitrogens with one attached hydrogen (secondary N) is 4. The third-order valence-electron chi connectivity index (χ3n) is 7.46. The van der Waals surface area contributed by atoms with Crippen LogP contribution >= 0.6 is 0 Å². The van der Waals surface area contributed by atoms with E-state index in [0.29, 0.717) is 40.1 Å². The molecule has 0 fully saturated rings. The van der Waals surface area contributed by atoms with E-state index in [9.17, 15) is 23.9 Å². The van der Waals surface area contributed by atoms with Gasteiger partial charge in [0.25, 0.3) is 0 Å². The van der Waals surface area contributed by atoms with E-state index in [-0.39, 0.29) is 31.3 Å². The van der Waals surface area contributed by atoms with Gasteiger partial charge in [0.05, 0.1) is 12.1 Å². The van der Waals surface area contributed by atoms with E-state index < -0.39 is 29.9 Å². The lowest BCUT2D eigenvalue weighted by atomic mass is 10.0. The predicted octanol–water partition coefficient (Wildman–Crippen LogP) is 4.85. The topological polar surface area (TPSA) is 158 Å². The zero-order valence-electron chi connectivity index (χ0n) is 25.6. The zero-order chi connectivity index (χ0) is 32.5. The number of halogens is 1. The number of pyridine rings is 1. The molecule has 0 radical (unpaired) electrons. The number of aliphatic hydroxyl groups is 1. The minimum atomic E-state index is -0.914. The Morgan fingerprint density at radius 3 is 2.38 bits per heavy atom. The summed E-state index contributed by atoms with van der Waals surface area (Å²) in [5.74, 6) is -0.870. The van der Waals surface area contributed by atoms with Crippen LogP contribution in [0.4, 0.5) is 20.7 Å². The van der Waals surface area contributed by atoms with Crippen LogP contribution in [-0.4, -0.2) is 46.6 Å². The quantitative estimate of drug-likeness (QED) is 0.118. The van der Waals surface area contributed by atoms with Gasteiger partial charge in [-0.3, -0.25) is 9.59 Å². The number of hydrogen-bond donors (Lipinski definition) is 6. The van der Waals surface area contributed by atoms with Crippen molar-refractivity contribution in [2.45, 2.75) is 52.3 Å². The number of amides is 4. The van der Waals surface area contributed by atoms with Crippen LogP contribution in [0.1, 0.15) is 37.8 Å². The van der Waals surface area contributed by atoms with E-state index in [1.54, 1.807) is 42.5 Å². The summed E-state index contributed by atoms with van der Waals surface area (Å²) in [7, 11) is 0. The summed E-state index contributed by atoms with van der Waals surface area (Å²) in [6.07, 6.45) is 0.629. The van der Waals surface area contributed by atoms with Crippen LogP contribution in [0, 0.1) is 18.7 Å². The van der Waals surface area contributed by atoms with Gasteiger partial charge in [0.2, 0.25) is 11.8 Å². The average molecular weight is 615 g/mol. The van der Waals surface area contributed by atoms with Gasteiger partial charge in [0.1, 0.15) is 23.7 Å². The lowest BCUT2D eigenvalue weighted by molar-refractivity contribution is -0.127. The number of fused-ring (bicyclic) bond motifs is 1. The first-order chi connectivity index (χ1) is 21.5. The molecule has 4 rings (SSSR count). The molecule has 236 valence electrons. The van der Waals surface area contributed by atoms with E-state index in [1.807, 2.05) is 45.0 Å². The lowest BCUT2D eigenvalue weighted by Gasteiger charge is -2.26. The van der Waals surface area contributed by atoms with Gasteiger partial charge in [-0.15, -0.1) is 0 Å². The van der Waals surface area contributed by atoms with E-state index in [4.69, 9.17) is 10.7 Å². The molecule has 0 aliphatic carbocycles. The molecule has 2 atom stereocenters. The monoisotopic (exact) mass is 614 g/mol. The Hall–Kier alpha value is -5.03. The Kier molecular flexibility index (Phi) is 11.0. The Morgan fingerprint density at radius 1 is 0.978 bits per heavy atom.